The molecule has 2 aromatic carbocycles. The predicted molar refractivity (Wildman–Crippen MR) is 93.1 cm³/mol. The van der Waals surface area contributed by atoms with Crippen LogP contribution in [0.1, 0.15) is 30.0 Å². The van der Waals surface area contributed by atoms with Gasteiger partial charge in [0.25, 0.3) is 5.91 Å². The van der Waals surface area contributed by atoms with Gasteiger partial charge in [-0.3, -0.25) is 9.69 Å². The van der Waals surface area contributed by atoms with Crippen LogP contribution in [0.4, 0.5) is 10.5 Å². The SMILES string of the molecule is CCC1(c2ccc(C)cc2)NC(=O)N(Cc2ccc(N)cc2)C1=O. The van der Waals surface area contributed by atoms with Crippen LogP contribution in [0, 0.1) is 6.92 Å². The first-order valence-corrected chi connectivity index (χ1v) is 8.02. The number of nitrogens with zero attached hydrogens (tertiary/aromatic N) is 1. The summed E-state index contributed by atoms with van der Waals surface area (Å²) in [5.41, 5.74) is 8.14. The number of nitrogen functional groups attached to an aromatic ring is 1. The van der Waals surface area contributed by atoms with Gasteiger partial charge in [-0.05, 0) is 36.6 Å². The van der Waals surface area contributed by atoms with Crippen molar-refractivity contribution >= 4 is 17.6 Å². The number of hydrogen-bond acceptors (Lipinski definition) is 3. The first-order chi connectivity index (χ1) is 11.5. The number of carbonyl (C=O) groups excluding carboxylic acids is 2. The van der Waals surface area contributed by atoms with Crippen LogP contribution in [0.15, 0.2) is 48.5 Å². The van der Waals surface area contributed by atoms with Crippen molar-refractivity contribution < 1.29 is 9.59 Å². The molecule has 3 N–H and O–H groups in total. The fourth-order valence-corrected chi connectivity index (χ4v) is 3.05. The fraction of sp³-hybridized carbons (Fsp3) is 0.263. The molecule has 1 fully saturated rings. The minimum absolute atomic E-state index is 0.212. The first-order valence-electron chi connectivity index (χ1n) is 8.02. The van der Waals surface area contributed by atoms with E-state index in [1.54, 1.807) is 12.1 Å². The molecule has 0 radical (unpaired) electrons. The zero-order chi connectivity index (χ0) is 17.3. The number of urea groups is 1. The van der Waals surface area contributed by atoms with E-state index in [1.807, 2.05) is 50.2 Å². The van der Waals surface area contributed by atoms with Crippen LogP contribution in [0.2, 0.25) is 0 Å². The van der Waals surface area contributed by atoms with Crippen molar-refractivity contribution in [3.63, 3.8) is 0 Å². The Bertz CT molecular complexity index is 768. The lowest BCUT2D eigenvalue weighted by atomic mass is 9.86. The second-order valence-corrected chi connectivity index (χ2v) is 6.19. The van der Waals surface area contributed by atoms with E-state index in [0.717, 1.165) is 16.7 Å². The van der Waals surface area contributed by atoms with E-state index in [-0.39, 0.29) is 18.5 Å². The largest absolute Gasteiger partial charge is 0.399 e. The number of nitrogens with two attached hydrogens (primary N) is 1. The Balaban J connectivity index is 1.91. The number of aryl methyl sites for hydroxylation is 1. The van der Waals surface area contributed by atoms with Crippen LogP contribution in [-0.4, -0.2) is 16.8 Å². The lowest BCUT2D eigenvalue weighted by Crippen LogP contribution is -2.43. The number of benzene rings is 2. The topological polar surface area (TPSA) is 75.4 Å². The van der Waals surface area contributed by atoms with Crippen molar-refractivity contribution in [1.82, 2.24) is 10.2 Å². The van der Waals surface area contributed by atoms with Crippen LogP contribution >= 0.6 is 0 Å². The van der Waals surface area contributed by atoms with Gasteiger partial charge >= 0.3 is 6.03 Å². The molecule has 3 amide bonds. The zero-order valence-corrected chi connectivity index (χ0v) is 13.9. The van der Waals surface area contributed by atoms with Gasteiger partial charge in [-0.1, -0.05) is 48.9 Å². The molecule has 5 nitrogen and oxygen atoms in total. The van der Waals surface area contributed by atoms with Crippen molar-refractivity contribution in [2.75, 3.05) is 5.73 Å². The summed E-state index contributed by atoms with van der Waals surface area (Å²) in [6, 6.07) is 14.5. The second kappa shape index (κ2) is 6.00. The summed E-state index contributed by atoms with van der Waals surface area (Å²) < 4.78 is 0. The molecule has 2 aromatic rings. The molecule has 0 saturated carbocycles. The number of hydrogen-bond donors (Lipinski definition) is 2. The van der Waals surface area contributed by atoms with Gasteiger partial charge in [0, 0.05) is 5.69 Å². The Labute approximate surface area is 141 Å². The monoisotopic (exact) mass is 323 g/mol. The van der Waals surface area contributed by atoms with Gasteiger partial charge in [-0.2, -0.15) is 0 Å². The van der Waals surface area contributed by atoms with E-state index in [0.29, 0.717) is 12.1 Å². The fourth-order valence-electron chi connectivity index (χ4n) is 3.05. The molecule has 0 aliphatic carbocycles. The van der Waals surface area contributed by atoms with E-state index in [1.165, 1.54) is 4.90 Å². The molecule has 124 valence electrons. The van der Waals surface area contributed by atoms with E-state index in [2.05, 4.69) is 5.32 Å². The van der Waals surface area contributed by atoms with Gasteiger partial charge in [0.15, 0.2) is 0 Å². The van der Waals surface area contributed by atoms with Crippen molar-refractivity contribution in [2.45, 2.75) is 32.4 Å². The number of carbonyl (C=O) groups is 2. The van der Waals surface area contributed by atoms with Gasteiger partial charge in [-0.25, -0.2) is 4.79 Å². The quantitative estimate of drug-likeness (QED) is 0.671. The van der Waals surface area contributed by atoms with Crippen LogP contribution < -0.4 is 11.1 Å². The molecular weight excluding hydrogens is 302 g/mol. The Kier molecular flexibility index (Phi) is 4.01. The molecule has 1 saturated heterocycles. The molecule has 0 spiro atoms. The number of imide groups is 1. The number of rotatable bonds is 4. The highest BCUT2D eigenvalue weighted by Crippen LogP contribution is 2.33. The molecule has 1 aliphatic heterocycles. The summed E-state index contributed by atoms with van der Waals surface area (Å²) in [6.07, 6.45) is 0.499. The minimum Gasteiger partial charge on any atom is -0.399 e. The molecule has 1 atom stereocenters. The lowest BCUT2D eigenvalue weighted by molar-refractivity contribution is -0.132. The molecule has 1 heterocycles. The van der Waals surface area contributed by atoms with Gasteiger partial charge in [0.1, 0.15) is 5.54 Å². The van der Waals surface area contributed by atoms with Crippen LogP contribution in [-0.2, 0) is 16.9 Å². The van der Waals surface area contributed by atoms with Gasteiger partial charge in [-0.15, -0.1) is 0 Å². The molecule has 5 heteroatoms. The lowest BCUT2D eigenvalue weighted by Gasteiger charge is -2.26. The van der Waals surface area contributed by atoms with Crippen LogP contribution in [0.25, 0.3) is 0 Å². The number of amides is 3. The normalized spacial score (nSPS) is 20.3. The molecule has 0 aromatic heterocycles. The third-order valence-electron chi connectivity index (χ3n) is 4.57. The Morgan fingerprint density at radius 3 is 2.25 bits per heavy atom. The van der Waals surface area contributed by atoms with Crippen molar-refractivity contribution in [3.8, 4) is 0 Å². The summed E-state index contributed by atoms with van der Waals surface area (Å²) in [7, 11) is 0. The highest BCUT2D eigenvalue weighted by Gasteiger charge is 2.51. The molecule has 3 rings (SSSR count). The van der Waals surface area contributed by atoms with Gasteiger partial charge in [0.2, 0.25) is 0 Å². The molecule has 1 unspecified atom stereocenters. The molecule has 0 bridgehead atoms. The summed E-state index contributed by atoms with van der Waals surface area (Å²) in [6.45, 7) is 4.13. The average molecular weight is 323 g/mol. The van der Waals surface area contributed by atoms with E-state index in [4.69, 9.17) is 5.73 Å². The van der Waals surface area contributed by atoms with E-state index >= 15 is 0 Å². The highest BCUT2D eigenvalue weighted by molar-refractivity contribution is 6.07. The Hall–Kier alpha value is -2.82. The van der Waals surface area contributed by atoms with Crippen molar-refractivity contribution in [2.24, 2.45) is 0 Å². The third-order valence-corrected chi connectivity index (χ3v) is 4.57. The molecule has 24 heavy (non-hydrogen) atoms. The summed E-state index contributed by atoms with van der Waals surface area (Å²) in [4.78, 5) is 26.8. The Morgan fingerprint density at radius 2 is 1.67 bits per heavy atom. The first kappa shape index (κ1) is 16.1. The van der Waals surface area contributed by atoms with E-state index in [9.17, 15) is 9.59 Å². The van der Waals surface area contributed by atoms with Crippen LogP contribution in [0.5, 0.6) is 0 Å². The predicted octanol–water partition coefficient (Wildman–Crippen LogP) is 2.93. The smallest absolute Gasteiger partial charge is 0.325 e. The maximum absolute atomic E-state index is 13.0. The molecule has 1 aliphatic rings. The van der Waals surface area contributed by atoms with Crippen molar-refractivity contribution in [1.29, 1.82) is 0 Å². The number of nitrogens with one attached hydrogen (secondary N) is 1. The summed E-state index contributed by atoms with van der Waals surface area (Å²) in [5.74, 6) is -0.212. The van der Waals surface area contributed by atoms with Gasteiger partial charge in [0.05, 0.1) is 6.54 Å². The minimum atomic E-state index is -0.988. The summed E-state index contributed by atoms with van der Waals surface area (Å²) in [5, 5.41) is 2.90. The van der Waals surface area contributed by atoms with Crippen molar-refractivity contribution in [3.05, 3.63) is 65.2 Å². The Morgan fingerprint density at radius 1 is 1.04 bits per heavy atom. The van der Waals surface area contributed by atoms with Crippen LogP contribution in [0.3, 0.4) is 0 Å². The van der Waals surface area contributed by atoms with Gasteiger partial charge < -0.3 is 11.1 Å². The summed E-state index contributed by atoms with van der Waals surface area (Å²) >= 11 is 0. The zero-order valence-electron chi connectivity index (χ0n) is 13.9. The standard InChI is InChI=1S/C19H21N3O2/c1-3-19(15-8-4-13(2)5-9-15)17(23)22(18(24)21-19)12-14-6-10-16(20)11-7-14/h4-11H,3,12,20H2,1-2H3,(H,21,24). The van der Waals surface area contributed by atoms with E-state index < -0.39 is 5.54 Å². The molecular formula is C19H21N3O2. The second-order valence-electron chi connectivity index (χ2n) is 6.19. The third kappa shape index (κ3) is 2.62. The average Bonchev–Trinajstić information content (AvgIpc) is 2.82. The maximum Gasteiger partial charge on any atom is 0.325 e. The number of anilines is 1. The maximum atomic E-state index is 13.0. The highest BCUT2D eigenvalue weighted by atomic mass is 16.2.